The molecule has 0 aliphatic rings. The molecule has 2 aromatic rings. The highest BCUT2D eigenvalue weighted by molar-refractivity contribution is 9.10. The first kappa shape index (κ1) is 13.2. The summed E-state index contributed by atoms with van der Waals surface area (Å²) < 4.78 is 6.23. The van der Waals surface area contributed by atoms with E-state index < -0.39 is 0 Å². The number of halogens is 1. The fourth-order valence-electron chi connectivity index (χ4n) is 1.56. The van der Waals surface area contributed by atoms with Gasteiger partial charge in [0.05, 0.1) is 5.92 Å². The summed E-state index contributed by atoms with van der Waals surface area (Å²) in [6, 6.07) is 6.01. The maximum Gasteiger partial charge on any atom is 0.231 e. The minimum Gasteiger partial charge on any atom is -0.339 e. The molecule has 0 saturated heterocycles. The Morgan fingerprint density at radius 1 is 1.33 bits per heavy atom. The molecule has 96 valence electrons. The lowest BCUT2D eigenvalue weighted by Gasteiger charge is -2.09. The average Bonchev–Trinajstić information content (AvgIpc) is 2.77. The lowest BCUT2D eigenvalue weighted by Crippen LogP contribution is -2.22. The third-order valence-electron chi connectivity index (χ3n) is 2.99. The summed E-state index contributed by atoms with van der Waals surface area (Å²) in [5.41, 5.74) is 7.93. The van der Waals surface area contributed by atoms with Crippen molar-refractivity contribution in [3.63, 3.8) is 0 Å². The van der Waals surface area contributed by atoms with Gasteiger partial charge >= 0.3 is 0 Å². The van der Waals surface area contributed by atoms with Crippen LogP contribution in [0.5, 0.6) is 0 Å². The van der Waals surface area contributed by atoms with Crippen molar-refractivity contribution in [1.29, 1.82) is 0 Å². The highest BCUT2D eigenvalue weighted by Crippen LogP contribution is 2.28. The van der Waals surface area contributed by atoms with E-state index in [1.165, 1.54) is 5.56 Å². The Morgan fingerprint density at radius 2 is 2.06 bits per heavy atom. The molecule has 0 fully saturated rings. The maximum absolute atomic E-state index is 5.83. The average molecular weight is 310 g/mol. The van der Waals surface area contributed by atoms with Gasteiger partial charge in [0.25, 0.3) is 0 Å². The summed E-state index contributed by atoms with van der Waals surface area (Å²) in [5, 5.41) is 4.01. The van der Waals surface area contributed by atoms with Crippen molar-refractivity contribution < 1.29 is 4.52 Å². The Morgan fingerprint density at radius 3 is 2.67 bits per heavy atom. The molecule has 1 heterocycles. The van der Waals surface area contributed by atoms with Gasteiger partial charge in [-0.15, -0.1) is 0 Å². The molecule has 0 bridgehead atoms. The Kier molecular flexibility index (Phi) is 3.82. The molecule has 0 saturated carbocycles. The van der Waals surface area contributed by atoms with E-state index in [1.54, 1.807) is 0 Å². The number of nitrogens with zero attached hydrogens (tertiary/aromatic N) is 2. The molecule has 2 N–H and O–H groups in total. The highest BCUT2D eigenvalue weighted by atomic mass is 79.9. The molecule has 4 nitrogen and oxygen atoms in total. The molecule has 2 rings (SSSR count). The lowest BCUT2D eigenvalue weighted by molar-refractivity contribution is 0.346. The largest absolute Gasteiger partial charge is 0.339 e. The van der Waals surface area contributed by atoms with Gasteiger partial charge < -0.3 is 10.3 Å². The van der Waals surface area contributed by atoms with Crippen molar-refractivity contribution in [1.82, 2.24) is 10.1 Å². The van der Waals surface area contributed by atoms with Crippen LogP contribution < -0.4 is 5.73 Å². The maximum atomic E-state index is 5.83. The third-order valence-corrected chi connectivity index (χ3v) is 3.64. The van der Waals surface area contributed by atoms with E-state index in [0.717, 1.165) is 10.0 Å². The second kappa shape index (κ2) is 5.20. The summed E-state index contributed by atoms with van der Waals surface area (Å²) >= 11 is 3.51. The van der Waals surface area contributed by atoms with Crippen molar-refractivity contribution in [2.24, 2.45) is 5.73 Å². The molecule has 5 heteroatoms. The summed E-state index contributed by atoms with van der Waals surface area (Å²) in [5.74, 6) is 1.22. The smallest absolute Gasteiger partial charge is 0.231 e. The van der Waals surface area contributed by atoms with Crippen LogP contribution in [0.25, 0.3) is 11.4 Å². The Balaban J connectivity index is 2.35. The molecule has 0 aliphatic carbocycles. The first-order valence-electron chi connectivity index (χ1n) is 5.84. The van der Waals surface area contributed by atoms with Crippen LogP contribution in [0, 0.1) is 6.92 Å². The van der Waals surface area contributed by atoms with E-state index >= 15 is 0 Å². The Bertz CT molecular complexity index is 551. The van der Waals surface area contributed by atoms with Gasteiger partial charge in [-0.1, -0.05) is 34.1 Å². The van der Waals surface area contributed by atoms with Crippen LogP contribution in [0.1, 0.15) is 31.2 Å². The van der Waals surface area contributed by atoms with Gasteiger partial charge in [-0.2, -0.15) is 4.98 Å². The third kappa shape index (κ3) is 2.62. The Labute approximate surface area is 115 Å². The van der Waals surface area contributed by atoms with Crippen LogP contribution in [-0.4, -0.2) is 16.2 Å². The lowest BCUT2D eigenvalue weighted by atomic mass is 10.1. The monoisotopic (exact) mass is 309 g/mol. The molecule has 0 amide bonds. The predicted molar refractivity (Wildman–Crippen MR) is 74.2 cm³/mol. The molecule has 1 aromatic heterocycles. The Hall–Kier alpha value is -1.20. The molecule has 18 heavy (non-hydrogen) atoms. The number of nitrogens with two attached hydrogens (primary N) is 1. The zero-order chi connectivity index (χ0) is 13.3. The van der Waals surface area contributed by atoms with Crippen LogP contribution in [0.4, 0.5) is 0 Å². The highest BCUT2D eigenvalue weighted by Gasteiger charge is 2.19. The first-order valence-corrected chi connectivity index (χ1v) is 6.64. The zero-order valence-corrected chi connectivity index (χ0v) is 12.2. The van der Waals surface area contributed by atoms with E-state index in [4.69, 9.17) is 10.3 Å². The van der Waals surface area contributed by atoms with Crippen LogP contribution in [0.3, 0.4) is 0 Å². The molecular formula is C13H16BrN3O. The van der Waals surface area contributed by atoms with Crippen molar-refractivity contribution in [3.8, 4) is 11.4 Å². The van der Waals surface area contributed by atoms with Gasteiger partial charge in [-0.3, -0.25) is 0 Å². The number of aryl methyl sites for hydroxylation is 1. The molecule has 0 spiro atoms. The number of hydrogen-bond acceptors (Lipinski definition) is 4. The normalized spacial score (nSPS) is 14.5. The topological polar surface area (TPSA) is 64.9 Å². The van der Waals surface area contributed by atoms with Gasteiger partial charge in [0.2, 0.25) is 11.7 Å². The van der Waals surface area contributed by atoms with E-state index in [9.17, 15) is 0 Å². The summed E-state index contributed by atoms with van der Waals surface area (Å²) in [6.07, 6.45) is 0. The minimum atomic E-state index is -0.0141. The molecule has 1 aromatic carbocycles. The second-order valence-corrected chi connectivity index (χ2v) is 5.44. The number of aromatic nitrogens is 2. The van der Waals surface area contributed by atoms with Gasteiger partial charge in [-0.05, 0) is 31.5 Å². The van der Waals surface area contributed by atoms with Crippen molar-refractivity contribution in [2.75, 3.05) is 0 Å². The summed E-state index contributed by atoms with van der Waals surface area (Å²) in [6.45, 7) is 5.94. The van der Waals surface area contributed by atoms with E-state index in [2.05, 4.69) is 26.1 Å². The standard InChI is InChI=1S/C13H16BrN3O/c1-7-4-5-10(11(14)6-7)12-16-13(18-17-12)8(2)9(3)15/h4-6,8-9H,15H2,1-3H3. The molecule has 2 atom stereocenters. The van der Waals surface area contributed by atoms with Crippen LogP contribution >= 0.6 is 15.9 Å². The van der Waals surface area contributed by atoms with Gasteiger partial charge in [0, 0.05) is 16.1 Å². The molecular weight excluding hydrogens is 294 g/mol. The van der Waals surface area contributed by atoms with Gasteiger partial charge in [-0.25, -0.2) is 0 Å². The molecule has 0 aliphatic heterocycles. The summed E-state index contributed by atoms with van der Waals surface area (Å²) in [7, 11) is 0. The van der Waals surface area contributed by atoms with Crippen molar-refractivity contribution >= 4 is 15.9 Å². The van der Waals surface area contributed by atoms with Crippen molar-refractivity contribution in [2.45, 2.75) is 32.7 Å². The molecule has 0 radical (unpaired) electrons. The second-order valence-electron chi connectivity index (χ2n) is 4.59. The SMILES string of the molecule is Cc1ccc(-c2noc(C(C)C(C)N)n2)c(Br)c1. The number of hydrogen-bond donors (Lipinski definition) is 1. The fourth-order valence-corrected chi connectivity index (χ4v) is 2.23. The van der Waals surface area contributed by atoms with E-state index in [0.29, 0.717) is 11.7 Å². The fraction of sp³-hybridized carbons (Fsp3) is 0.385. The summed E-state index contributed by atoms with van der Waals surface area (Å²) in [4.78, 5) is 4.40. The number of benzene rings is 1. The minimum absolute atomic E-state index is 0.0141. The van der Waals surface area contributed by atoms with E-state index in [1.807, 2.05) is 39.0 Å². The van der Waals surface area contributed by atoms with Crippen LogP contribution in [0.15, 0.2) is 27.2 Å². The quantitative estimate of drug-likeness (QED) is 0.945. The van der Waals surface area contributed by atoms with Crippen LogP contribution in [0.2, 0.25) is 0 Å². The molecule has 2 unspecified atom stereocenters. The van der Waals surface area contributed by atoms with Gasteiger partial charge in [0.1, 0.15) is 0 Å². The van der Waals surface area contributed by atoms with Gasteiger partial charge in [0.15, 0.2) is 0 Å². The predicted octanol–water partition coefficient (Wildman–Crippen LogP) is 3.26. The first-order chi connectivity index (χ1) is 8.49. The zero-order valence-electron chi connectivity index (χ0n) is 10.6. The van der Waals surface area contributed by atoms with Crippen LogP contribution in [-0.2, 0) is 0 Å². The van der Waals surface area contributed by atoms with Crippen molar-refractivity contribution in [3.05, 3.63) is 34.1 Å². The number of rotatable bonds is 3. The van der Waals surface area contributed by atoms with E-state index in [-0.39, 0.29) is 12.0 Å².